The summed E-state index contributed by atoms with van der Waals surface area (Å²) in [6.07, 6.45) is 1.85. The van der Waals surface area contributed by atoms with Crippen LogP contribution >= 0.6 is 12.9 Å². The van der Waals surface area contributed by atoms with E-state index in [1.54, 1.807) is 4.68 Å². The van der Waals surface area contributed by atoms with E-state index in [4.69, 9.17) is 0 Å². The Labute approximate surface area is 71.2 Å². The highest BCUT2D eigenvalue weighted by molar-refractivity contribution is 7.75. The average molecular weight is 173 g/mol. The van der Waals surface area contributed by atoms with Crippen LogP contribution in [0.1, 0.15) is 25.6 Å². The topological polar surface area (TPSA) is 39.9 Å². The van der Waals surface area contributed by atoms with Crippen molar-refractivity contribution in [3.63, 3.8) is 0 Å². The summed E-state index contributed by atoms with van der Waals surface area (Å²) in [6, 6.07) is 0.344. The lowest BCUT2D eigenvalue weighted by molar-refractivity contribution is 0.365. The average Bonchev–Trinajstić information content (AvgIpc) is 2.37. The quantitative estimate of drug-likeness (QED) is 0.552. The number of thiol groups is 1. The minimum absolute atomic E-state index is 0.344. The molecule has 0 bridgehead atoms. The number of hydrogen-bond donors (Lipinski definition) is 1. The second-order valence-electron chi connectivity index (χ2n) is 2.56. The van der Waals surface area contributed by atoms with Crippen molar-refractivity contribution in [1.29, 1.82) is 0 Å². The van der Waals surface area contributed by atoms with Gasteiger partial charge in [-0.1, -0.05) is 5.21 Å². The van der Waals surface area contributed by atoms with Crippen LogP contribution in [0.4, 0.5) is 0 Å². The predicted octanol–water partition coefficient (Wildman–Crippen LogP) is 1.22. The minimum atomic E-state index is 0.344. The SMILES string of the molecule is CC(C)n1cc(COS)nn1. The van der Waals surface area contributed by atoms with Gasteiger partial charge in [0.15, 0.2) is 0 Å². The Morgan fingerprint density at radius 1 is 1.73 bits per heavy atom. The van der Waals surface area contributed by atoms with Gasteiger partial charge in [0.25, 0.3) is 0 Å². The largest absolute Gasteiger partial charge is 0.312 e. The Morgan fingerprint density at radius 3 is 2.91 bits per heavy atom. The van der Waals surface area contributed by atoms with Crippen molar-refractivity contribution in [3.8, 4) is 0 Å². The maximum Gasteiger partial charge on any atom is 0.110 e. The molecule has 0 aliphatic rings. The van der Waals surface area contributed by atoms with Gasteiger partial charge >= 0.3 is 0 Å². The molecule has 0 amide bonds. The molecule has 0 atom stereocenters. The molecular formula is C6H11N3OS. The van der Waals surface area contributed by atoms with Crippen molar-refractivity contribution >= 4 is 12.9 Å². The third kappa shape index (κ3) is 2.20. The Kier molecular flexibility index (Phi) is 2.90. The first-order valence-electron chi connectivity index (χ1n) is 3.41. The van der Waals surface area contributed by atoms with Crippen molar-refractivity contribution in [2.75, 3.05) is 0 Å². The molecule has 0 aliphatic carbocycles. The third-order valence-corrected chi connectivity index (χ3v) is 1.43. The maximum atomic E-state index is 4.60. The molecule has 1 heterocycles. The zero-order chi connectivity index (χ0) is 8.27. The van der Waals surface area contributed by atoms with Crippen LogP contribution in [0.3, 0.4) is 0 Å². The van der Waals surface area contributed by atoms with Crippen molar-refractivity contribution in [1.82, 2.24) is 15.0 Å². The van der Waals surface area contributed by atoms with Gasteiger partial charge in [0, 0.05) is 6.04 Å². The Morgan fingerprint density at radius 2 is 2.45 bits per heavy atom. The zero-order valence-corrected chi connectivity index (χ0v) is 7.45. The molecule has 1 rings (SSSR count). The van der Waals surface area contributed by atoms with Gasteiger partial charge in [0.05, 0.1) is 6.20 Å². The van der Waals surface area contributed by atoms with Crippen LogP contribution in [0.15, 0.2) is 6.20 Å². The van der Waals surface area contributed by atoms with Gasteiger partial charge in [-0.2, -0.15) is 0 Å². The summed E-state index contributed by atoms with van der Waals surface area (Å²) >= 11 is 3.62. The lowest BCUT2D eigenvalue weighted by atomic mass is 10.4. The monoisotopic (exact) mass is 173 g/mol. The number of rotatable bonds is 3. The third-order valence-electron chi connectivity index (χ3n) is 1.30. The van der Waals surface area contributed by atoms with Crippen LogP contribution in [-0.2, 0) is 10.8 Å². The molecule has 0 radical (unpaired) electrons. The van der Waals surface area contributed by atoms with E-state index in [0.29, 0.717) is 12.6 Å². The fraction of sp³-hybridized carbons (Fsp3) is 0.667. The van der Waals surface area contributed by atoms with E-state index < -0.39 is 0 Å². The number of aromatic nitrogens is 3. The summed E-state index contributed by atoms with van der Waals surface area (Å²) in [7, 11) is 0. The van der Waals surface area contributed by atoms with E-state index in [9.17, 15) is 0 Å². The van der Waals surface area contributed by atoms with E-state index in [0.717, 1.165) is 5.69 Å². The molecular weight excluding hydrogens is 162 g/mol. The smallest absolute Gasteiger partial charge is 0.110 e. The van der Waals surface area contributed by atoms with Gasteiger partial charge < -0.3 is 4.18 Å². The molecule has 0 N–H and O–H groups in total. The highest BCUT2D eigenvalue weighted by atomic mass is 32.1. The second-order valence-corrected chi connectivity index (χ2v) is 2.82. The molecule has 0 spiro atoms. The Balaban J connectivity index is 2.66. The molecule has 4 nitrogen and oxygen atoms in total. The van der Waals surface area contributed by atoms with Gasteiger partial charge in [-0.3, -0.25) is 0 Å². The van der Waals surface area contributed by atoms with Crippen molar-refractivity contribution < 1.29 is 4.18 Å². The number of hydrogen-bond acceptors (Lipinski definition) is 4. The van der Waals surface area contributed by atoms with Gasteiger partial charge in [-0.15, -0.1) is 5.10 Å². The first kappa shape index (κ1) is 8.55. The first-order chi connectivity index (χ1) is 5.24. The van der Waals surface area contributed by atoms with Gasteiger partial charge in [0.1, 0.15) is 12.3 Å². The van der Waals surface area contributed by atoms with E-state index in [2.05, 4.69) is 27.4 Å². The van der Waals surface area contributed by atoms with Crippen LogP contribution in [0.2, 0.25) is 0 Å². The molecule has 0 unspecified atom stereocenters. The van der Waals surface area contributed by atoms with Crippen LogP contribution in [0, 0.1) is 0 Å². The second kappa shape index (κ2) is 3.73. The zero-order valence-electron chi connectivity index (χ0n) is 6.56. The highest BCUT2D eigenvalue weighted by Gasteiger charge is 2.01. The molecule has 0 aromatic carbocycles. The summed E-state index contributed by atoms with van der Waals surface area (Å²) in [5.41, 5.74) is 0.800. The van der Waals surface area contributed by atoms with Crippen LogP contribution < -0.4 is 0 Å². The molecule has 0 saturated heterocycles. The lowest BCUT2D eigenvalue weighted by Crippen LogP contribution is -2.00. The summed E-state index contributed by atoms with van der Waals surface area (Å²) in [5.74, 6) is 0. The van der Waals surface area contributed by atoms with Crippen molar-refractivity contribution in [2.24, 2.45) is 0 Å². The first-order valence-corrected chi connectivity index (χ1v) is 3.77. The van der Waals surface area contributed by atoms with E-state index in [-0.39, 0.29) is 0 Å². The molecule has 5 heteroatoms. The number of nitrogens with zero attached hydrogens (tertiary/aromatic N) is 3. The summed E-state index contributed by atoms with van der Waals surface area (Å²) in [6.45, 7) is 4.48. The summed E-state index contributed by atoms with van der Waals surface area (Å²) < 4.78 is 6.38. The fourth-order valence-corrected chi connectivity index (χ4v) is 0.830. The lowest BCUT2D eigenvalue weighted by Gasteiger charge is -2.00. The molecule has 62 valence electrons. The van der Waals surface area contributed by atoms with Crippen LogP contribution in [-0.4, -0.2) is 15.0 Å². The van der Waals surface area contributed by atoms with E-state index in [1.165, 1.54) is 0 Å². The van der Waals surface area contributed by atoms with Gasteiger partial charge in [-0.25, -0.2) is 4.68 Å². The molecule has 1 aromatic rings. The van der Waals surface area contributed by atoms with Gasteiger partial charge in [0.2, 0.25) is 0 Å². The Hall–Kier alpha value is -0.550. The molecule has 0 aliphatic heterocycles. The van der Waals surface area contributed by atoms with Crippen molar-refractivity contribution in [2.45, 2.75) is 26.5 Å². The van der Waals surface area contributed by atoms with E-state index >= 15 is 0 Å². The standard InChI is InChI=1S/C6H11N3OS/c1-5(2)9-3-6(4-10-11)7-8-9/h3,5,11H,4H2,1-2H3. The van der Waals surface area contributed by atoms with Crippen LogP contribution in [0.5, 0.6) is 0 Å². The molecule has 0 fully saturated rings. The maximum absolute atomic E-state index is 4.60. The molecule has 0 saturated carbocycles. The van der Waals surface area contributed by atoms with Crippen LogP contribution in [0.25, 0.3) is 0 Å². The van der Waals surface area contributed by atoms with Gasteiger partial charge in [-0.05, 0) is 26.8 Å². The molecule has 11 heavy (non-hydrogen) atoms. The summed E-state index contributed by atoms with van der Waals surface area (Å²) in [5, 5.41) is 7.75. The highest BCUT2D eigenvalue weighted by Crippen LogP contribution is 2.03. The van der Waals surface area contributed by atoms with Crippen molar-refractivity contribution in [3.05, 3.63) is 11.9 Å². The molecule has 1 aromatic heterocycles. The fourth-order valence-electron chi connectivity index (χ4n) is 0.698. The normalized spacial score (nSPS) is 10.9. The summed E-state index contributed by atoms with van der Waals surface area (Å²) in [4.78, 5) is 0. The Bertz CT molecular complexity index is 223. The minimum Gasteiger partial charge on any atom is -0.312 e. The predicted molar refractivity (Wildman–Crippen MR) is 44.2 cm³/mol. The van der Waals surface area contributed by atoms with E-state index in [1.807, 2.05) is 20.0 Å².